The first kappa shape index (κ1) is 9.83. The maximum Gasteiger partial charge on any atom is 0.122 e. The van der Waals surface area contributed by atoms with E-state index in [4.69, 9.17) is 0 Å². The Morgan fingerprint density at radius 3 is 2.46 bits per heavy atom. The normalized spacial score (nSPS) is 14.1. The Bertz CT molecular complexity index is 314. The minimum Gasteiger partial charge on any atom is -0.378 e. The van der Waals surface area contributed by atoms with Crippen molar-refractivity contribution in [3.05, 3.63) is 35.9 Å². The van der Waals surface area contributed by atoms with Crippen molar-refractivity contribution in [1.29, 1.82) is 0 Å². The van der Waals surface area contributed by atoms with Gasteiger partial charge in [-0.15, -0.1) is 0 Å². The third-order valence-corrected chi connectivity index (χ3v) is 1.94. The van der Waals surface area contributed by atoms with Crippen LogP contribution in [0.3, 0.4) is 0 Å². The highest BCUT2D eigenvalue weighted by Crippen LogP contribution is 2.06. The lowest BCUT2D eigenvalue weighted by atomic mass is 10.0. The van der Waals surface area contributed by atoms with E-state index in [1.54, 1.807) is 6.92 Å². The molecule has 0 aromatic heterocycles. The Kier molecular flexibility index (Phi) is 3.11. The van der Waals surface area contributed by atoms with Gasteiger partial charge in [0.15, 0.2) is 0 Å². The summed E-state index contributed by atoms with van der Waals surface area (Å²) in [5.41, 5.74) is 0.0757. The molecule has 68 valence electrons. The van der Waals surface area contributed by atoms with Crippen LogP contribution < -0.4 is 0 Å². The summed E-state index contributed by atoms with van der Waals surface area (Å²) in [5, 5.41) is 9.61. The molecule has 0 aliphatic heterocycles. The monoisotopic (exact) mass is 174 g/mol. The van der Waals surface area contributed by atoms with E-state index in [-0.39, 0.29) is 0 Å². The van der Waals surface area contributed by atoms with Crippen LogP contribution in [0.5, 0.6) is 0 Å². The molecule has 0 saturated carbocycles. The smallest absolute Gasteiger partial charge is 0.122 e. The summed E-state index contributed by atoms with van der Waals surface area (Å²) in [6.07, 6.45) is 0.646. The van der Waals surface area contributed by atoms with Crippen LogP contribution in [0.25, 0.3) is 0 Å². The molecule has 0 bridgehead atoms. The van der Waals surface area contributed by atoms with Gasteiger partial charge in [-0.05, 0) is 25.5 Å². The van der Waals surface area contributed by atoms with Crippen LogP contribution in [0.1, 0.15) is 25.8 Å². The third-order valence-electron chi connectivity index (χ3n) is 1.94. The molecule has 0 heterocycles. The number of aliphatic hydroxyl groups is 1. The number of hydrogen-bond acceptors (Lipinski definition) is 1. The summed E-state index contributed by atoms with van der Waals surface area (Å²) in [6.45, 7) is 3.64. The molecule has 13 heavy (non-hydrogen) atoms. The van der Waals surface area contributed by atoms with Crippen molar-refractivity contribution >= 4 is 0 Å². The molecule has 1 nitrogen and oxygen atoms in total. The van der Waals surface area contributed by atoms with Crippen LogP contribution in [0.4, 0.5) is 0 Å². The Balaban J connectivity index is 2.79. The molecule has 0 amide bonds. The molecule has 0 radical (unpaired) electrons. The second-order valence-corrected chi connectivity index (χ2v) is 3.24. The van der Waals surface area contributed by atoms with Gasteiger partial charge in [0.2, 0.25) is 0 Å². The van der Waals surface area contributed by atoms with Gasteiger partial charge < -0.3 is 5.11 Å². The molecule has 0 aliphatic carbocycles. The van der Waals surface area contributed by atoms with Gasteiger partial charge in [0.25, 0.3) is 0 Å². The average molecular weight is 174 g/mol. The first-order valence-corrected chi connectivity index (χ1v) is 4.44. The largest absolute Gasteiger partial charge is 0.378 e. The van der Waals surface area contributed by atoms with Crippen LogP contribution >= 0.6 is 0 Å². The van der Waals surface area contributed by atoms with Gasteiger partial charge in [-0.3, -0.25) is 0 Å². The van der Waals surface area contributed by atoms with Crippen molar-refractivity contribution in [2.24, 2.45) is 0 Å². The molecule has 1 atom stereocenters. The minimum atomic E-state index is -0.865. The predicted octanol–water partition coefficient (Wildman–Crippen LogP) is 2.20. The van der Waals surface area contributed by atoms with Crippen molar-refractivity contribution in [2.45, 2.75) is 25.9 Å². The highest BCUT2D eigenvalue weighted by molar-refractivity contribution is 5.35. The highest BCUT2D eigenvalue weighted by Gasteiger charge is 2.11. The van der Waals surface area contributed by atoms with Crippen LogP contribution in [-0.4, -0.2) is 10.7 Å². The molecule has 1 N–H and O–H groups in total. The molecule has 0 fully saturated rings. The predicted molar refractivity (Wildman–Crippen MR) is 54.2 cm³/mol. The zero-order valence-corrected chi connectivity index (χ0v) is 8.04. The van der Waals surface area contributed by atoms with E-state index >= 15 is 0 Å². The first-order valence-electron chi connectivity index (χ1n) is 4.44. The van der Waals surface area contributed by atoms with E-state index in [2.05, 4.69) is 11.8 Å². The summed E-state index contributed by atoms with van der Waals surface area (Å²) in [6, 6.07) is 9.68. The lowest BCUT2D eigenvalue weighted by Crippen LogP contribution is -2.19. The summed E-state index contributed by atoms with van der Waals surface area (Å²) in [5.74, 6) is 5.77. The second kappa shape index (κ2) is 4.11. The van der Waals surface area contributed by atoms with Crippen LogP contribution in [0.15, 0.2) is 30.3 Å². The molecule has 1 aromatic carbocycles. The molecular formula is C12H14O. The van der Waals surface area contributed by atoms with Crippen molar-refractivity contribution in [3.8, 4) is 11.8 Å². The Hall–Kier alpha value is -1.26. The molecule has 0 unspecified atom stereocenters. The molecule has 1 rings (SSSR count). The van der Waals surface area contributed by atoms with Gasteiger partial charge in [0.05, 0.1) is 0 Å². The molecule has 0 saturated heterocycles. The Morgan fingerprint density at radius 2 is 1.92 bits per heavy atom. The van der Waals surface area contributed by atoms with Crippen molar-refractivity contribution in [1.82, 2.24) is 0 Å². The van der Waals surface area contributed by atoms with E-state index in [1.165, 1.54) is 0 Å². The lowest BCUT2D eigenvalue weighted by molar-refractivity contribution is 0.118. The van der Waals surface area contributed by atoms with Crippen molar-refractivity contribution in [3.63, 3.8) is 0 Å². The SMILES string of the molecule is CC[C@](C)(O)C#Cc1ccccc1. The Labute approximate surface area is 79.4 Å². The second-order valence-electron chi connectivity index (χ2n) is 3.24. The number of hydrogen-bond donors (Lipinski definition) is 1. The fraction of sp³-hybridized carbons (Fsp3) is 0.333. The van der Waals surface area contributed by atoms with E-state index in [9.17, 15) is 5.11 Å². The summed E-state index contributed by atoms with van der Waals surface area (Å²) < 4.78 is 0. The molecule has 0 spiro atoms. The highest BCUT2D eigenvalue weighted by atomic mass is 16.3. The zero-order valence-electron chi connectivity index (χ0n) is 8.04. The average Bonchev–Trinajstić information content (AvgIpc) is 2.17. The van der Waals surface area contributed by atoms with Gasteiger partial charge in [0, 0.05) is 5.56 Å². The van der Waals surface area contributed by atoms with Crippen LogP contribution in [-0.2, 0) is 0 Å². The fourth-order valence-corrected chi connectivity index (χ4v) is 0.817. The standard InChI is InChI=1S/C12H14O/c1-3-12(2,13)10-9-11-7-5-4-6-8-11/h4-8,13H,3H2,1-2H3/t12-/m0/s1. The minimum absolute atomic E-state index is 0.646. The maximum atomic E-state index is 9.61. The third kappa shape index (κ3) is 3.31. The van der Waals surface area contributed by atoms with E-state index in [0.29, 0.717) is 6.42 Å². The van der Waals surface area contributed by atoms with Crippen LogP contribution in [0, 0.1) is 11.8 Å². The summed E-state index contributed by atoms with van der Waals surface area (Å²) in [4.78, 5) is 0. The topological polar surface area (TPSA) is 20.2 Å². The molecule has 1 aromatic rings. The number of benzene rings is 1. The van der Waals surface area contributed by atoms with E-state index < -0.39 is 5.60 Å². The first-order chi connectivity index (χ1) is 6.14. The van der Waals surface area contributed by atoms with Gasteiger partial charge >= 0.3 is 0 Å². The summed E-state index contributed by atoms with van der Waals surface area (Å²) in [7, 11) is 0. The molecule has 1 heteroatoms. The van der Waals surface area contributed by atoms with Crippen molar-refractivity contribution in [2.75, 3.05) is 0 Å². The lowest BCUT2D eigenvalue weighted by Gasteiger charge is -2.11. The number of rotatable bonds is 1. The van der Waals surface area contributed by atoms with Crippen molar-refractivity contribution < 1.29 is 5.11 Å². The van der Waals surface area contributed by atoms with Gasteiger partial charge in [-0.1, -0.05) is 37.0 Å². The van der Waals surface area contributed by atoms with Crippen LogP contribution in [0.2, 0.25) is 0 Å². The molecular weight excluding hydrogens is 160 g/mol. The molecule has 0 aliphatic rings. The maximum absolute atomic E-state index is 9.61. The van der Waals surface area contributed by atoms with Gasteiger partial charge in [0.1, 0.15) is 5.60 Å². The van der Waals surface area contributed by atoms with E-state index in [1.807, 2.05) is 37.3 Å². The van der Waals surface area contributed by atoms with E-state index in [0.717, 1.165) is 5.56 Å². The zero-order chi connectivity index (χ0) is 9.73. The van der Waals surface area contributed by atoms with Gasteiger partial charge in [-0.25, -0.2) is 0 Å². The van der Waals surface area contributed by atoms with Gasteiger partial charge in [-0.2, -0.15) is 0 Å². The summed E-state index contributed by atoms with van der Waals surface area (Å²) >= 11 is 0. The quantitative estimate of drug-likeness (QED) is 0.647. The fourth-order valence-electron chi connectivity index (χ4n) is 0.817. The Morgan fingerprint density at radius 1 is 1.31 bits per heavy atom.